The number of likely N-dealkylation sites (tertiary alicyclic amines) is 1. The van der Waals surface area contributed by atoms with E-state index < -0.39 is 17.9 Å². The number of amides is 1. The molecule has 1 fully saturated rings. The van der Waals surface area contributed by atoms with Gasteiger partial charge in [0.1, 0.15) is 6.04 Å². The van der Waals surface area contributed by atoms with E-state index in [-0.39, 0.29) is 0 Å². The molecule has 0 aliphatic carbocycles. The van der Waals surface area contributed by atoms with Gasteiger partial charge in [0, 0.05) is 12.6 Å². The molecule has 164 valence electrons. The van der Waals surface area contributed by atoms with Gasteiger partial charge in [-0.05, 0) is 61.2 Å². The summed E-state index contributed by atoms with van der Waals surface area (Å²) >= 11 is 0. The number of hydroxylamine groups is 1. The number of carboxylic acid groups (broad SMARTS) is 1. The Labute approximate surface area is 182 Å². The number of nitrogens with zero attached hydrogens (tertiary/aromatic N) is 1. The van der Waals surface area contributed by atoms with Gasteiger partial charge >= 0.3 is 5.97 Å². The molecule has 1 aliphatic heterocycles. The van der Waals surface area contributed by atoms with E-state index in [2.05, 4.69) is 10.2 Å². The molecule has 3 rings (SSSR count). The zero-order valence-electron chi connectivity index (χ0n) is 17.4. The standard InChI is InChI=1S/C24H29N3O4/c28-22(26-31)11-10-18-6-8-20(9-7-18)17-27-14-12-19(13-15-27)16-25-23(24(29)30)21-4-2-1-3-5-21/h1-11,19,23,25,31H,12-17H2,(H,26,28)(H,29,30)/t23-/m0/s1. The summed E-state index contributed by atoms with van der Waals surface area (Å²) in [6, 6.07) is 16.6. The van der Waals surface area contributed by atoms with Gasteiger partial charge in [-0.25, -0.2) is 5.48 Å². The van der Waals surface area contributed by atoms with Crippen molar-refractivity contribution in [3.8, 4) is 0 Å². The maximum atomic E-state index is 11.6. The predicted molar refractivity (Wildman–Crippen MR) is 118 cm³/mol. The Morgan fingerprint density at radius 2 is 1.74 bits per heavy atom. The Morgan fingerprint density at radius 3 is 2.35 bits per heavy atom. The summed E-state index contributed by atoms with van der Waals surface area (Å²) < 4.78 is 0. The topological polar surface area (TPSA) is 102 Å². The zero-order chi connectivity index (χ0) is 22.1. The summed E-state index contributed by atoms with van der Waals surface area (Å²) in [4.78, 5) is 25.1. The molecule has 0 radical (unpaired) electrons. The van der Waals surface area contributed by atoms with Gasteiger partial charge < -0.3 is 10.4 Å². The minimum atomic E-state index is -0.848. The third kappa shape index (κ3) is 7.03. The van der Waals surface area contributed by atoms with Crippen molar-refractivity contribution in [2.24, 2.45) is 5.92 Å². The second-order valence-electron chi connectivity index (χ2n) is 7.86. The lowest BCUT2D eigenvalue weighted by Gasteiger charge is -2.32. The van der Waals surface area contributed by atoms with Crippen molar-refractivity contribution in [1.82, 2.24) is 15.7 Å². The second-order valence-corrected chi connectivity index (χ2v) is 7.86. The first-order chi connectivity index (χ1) is 15.0. The van der Waals surface area contributed by atoms with Gasteiger partial charge in [-0.1, -0.05) is 54.6 Å². The van der Waals surface area contributed by atoms with Crippen molar-refractivity contribution >= 4 is 18.0 Å². The molecule has 0 aromatic heterocycles. The average Bonchev–Trinajstić information content (AvgIpc) is 2.80. The first-order valence-corrected chi connectivity index (χ1v) is 10.5. The van der Waals surface area contributed by atoms with Crippen LogP contribution in [0.5, 0.6) is 0 Å². The Balaban J connectivity index is 1.44. The average molecular weight is 424 g/mol. The molecule has 0 spiro atoms. The highest BCUT2D eigenvalue weighted by Gasteiger charge is 2.23. The third-order valence-electron chi connectivity index (χ3n) is 5.62. The van der Waals surface area contributed by atoms with Crippen molar-refractivity contribution in [2.75, 3.05) is 19.6 Å². The van der Waals surface area contributed by atoms with Crippen LogP contribution in [0, 0.1) is 5.92 Å². The molecule has 1 amide bonds. The number of nitrogens with one attached hydrogen (secondary N) is 2. The zero-order valence-corrected chi connectivity index (χ0v) is 17.4. The van der Waals surface area contributed by atoms with Gasteiger partial charge in [-0.3, -0.25) is 19.7 Å². The second kappa shape index (κ2) is 11.4. The number of hydrogen-bond donors (Lipinski definition) is 4. The van der Waals surface area contributed by atoms with E-state index in [4.69, 9.17) is 5.21 Å². The SMILES string of the molecule is O=C(C=Cc1ccc(CN2CCC(CN[C@H](C(=O)O)c3ccccc3)CC2)cc1)NO. The summed E-state index contributed by atoms with van der Waals surface area (Å²) in [5, 5.41) is 21.3. The van der Waals surface area contributed by atoms with Crippen LogP contribution in [0.1, 0.15) is 35.6 Å². The van der Waals surface area contributed by atoms with Crippen molar-refractivity contribution in [3.63, 3.8) is 0 Å². The van der Waals surface area contributed by atoms with E-state index in [9.17, 15) is 14.7 Å². The largest absolute Gasteiger partial charge is 0.480 e. The number of carbonyl (C=O) groups excluding carboxylic acids is 1. The lowest BCUT2D eigenvalue weighted by Crippen LogP contribution is -2.39. The monoisotopic (exact) mass is 423 g/mol. The molecule has 4 N–H and O–H groups in total. The highest BCUT2D eigenvalue weighted by atomic mass is 16.5. The van der Waals surface area contributed by atoms with E-state index in [0.717, 1.165) is 43.6 Å². The van der Waals surface area contributed by atoms with Crippen molar-refractivity contribution in [3.05, 3.63) is 77.4 Å². The van der Waals surface area contributed by atoms with Gasteiger partial charge in [-0.2, -0.15) is 0 Å². The molecule has 2 aromatic rings. The van der Waals surface area contributed by atoms with Crippen LogP contribution < -0.4 is 10.8 Å². The summed E-state index contributed by atoms with van der Waals surface area (Å²) in [6.45, 7) is 3.52. The van der Waals surface area contributed by atoms with Crippen LogP contribution in [-0.2, 0) is 16.1 Å². The molecule has 1 aliphatic rings. The fraction of sp³-hybridized carbons (Fsp3) is 0.333. The van der Waals surface area contributed by atoms with Crippen LogP contribution >= 0.6 is 0 Å². The predicted octanol–water partition coefficient (Wildman–Crippen LogP) is 2.83. The van der Waals surface area contributed by atoms with Crippen molar-refractivity contribution in [2.45, 2.75) is 25.4 Å². The maximum Gasteiger partial charge on any atom is 0.325 e. The third-order valence-corrected chi connectivity index (χ3v) is 5.62. The molecule has 1 atom stereocenters. The number of piperidine rings is 1. The molecule has 0 unspecified atom stereocenters. The van der Waals surface area contributed by atoms with E-state index in [1.165, 1.54) is 11.6 Å². The minimum Gasteiger partial charge on any atom is -0.480 e. The Bertz CT molecular complexity index is 875. The summed E-state index contributed by atoms with van der Waals surface area (Å²) in [5.74, 6) is -0.939. The van der Waals surface area contributed by atoms with Crippen LogP contribution in [0.25, 0.3) is 6.08 Å². The van der Waals surface area contributed by atoms with Crippen LogP contribution in [-0.4, -0.2) is 46.7 Å². The molecule has 0 bridgehead atoms. The first-order valence-electron chi connectivity index (χ1n) is 10.5. The normalized spacial score (nSPS) is 16.3. The number of hydrogen-bond acceptors (Lipinski definition) is 5. The van der Waals surface area contributed by atoms with Gasteiger partial charge in [0.05, 0.1) is 0 Å². The molecule has 1 saturated heterocycles. The van der Waals surface area contributed by atoms with E-state index >= 15 is 0 Å². The smallest absolute Gasteiger partial charge is 0.325 e. The van der Waals surface area contributed by atoms with Gasteiger partial charge in [-0.15, -0.1) is 0 Å². The minimum absolute atomic E-state index is 0.465. The van der Waals surface area contributed by atoms with Crippen molar-refractivity contribution in [1.29, 1.82) is 0 Å². The van der Waals surface area contributed by atoms with Gasteiger partial charge in [0.2, 0.25) is 0 Å². The number of carbonyl (C=O) groups is 2. The fourth-order valence-electron chi connectivity index (χ4n) is 3.83. The van der Waals surface area contributed by atoms with Crippen LogP contribution in [0.2, 0.25) is 0 Å². The van der Waals surface area contributed by atoms with Crippen molar-refractivity contribution < 1.29 is 19.9 Å². The Morgan fingerprint density at radius 1 is 1.06 bits per heavy atom. The number of aliphatic carboxylic acids is 1. The Kier molecular flexibility index (Phi) is 8.35. The molecule has 7 nitrogen and oxygen atoms in total. The number of benzene rings is 2. The lowest BCUT2D eigenvalue weighted by molar-refractivity contribution is -0.139. The molecule has 0 saturated carbocycles. The fourth-order valence-corrected chi connectivity index (χ4v) is 3.83. The van der Waals surface area contributed by atoms with Crippen LogP contribution in [0.4, 0.5) is 0 Å². The van der Waals surface area contributed by atoms with Crippen LogP contribution in [0.3, 0.4) is 0 Å². The van der Waals surface area contributed by atoms with E-state index in [1.807, 2.05) is 54.6 Å². The Hall–Kier alpha value is -3.00. The summed E-state index contributed by atoms with van der Waals surface area (Å²) in [6.07, 6.45) is 4.99. The maximum absolute atomic E-state index is 11.6. The summed E-state index contributed by atoms with van der Waals surface area (Å²) in [7, 11) is 0. The molecule has 7 heteroatoms. The molecule has 2 aromatic carbocycles. The molecule has 1 heterocycles. The first kappa shape index (κ1) is 22.7. The van der Waals surface area contributed by atoms with E-state index in [1.54, 1.807) is 11.6 Å². The molecular weight excluding hydrogens is 394 g/mol. The van der Waals surface area contributed by atoms with Gasteiger partial charge in [0.25, 0.3) is 5.91 Å². The quantitative estimate of drug-likeness (QED) is 0.281. The highest BCUT2D eigenvalue weighted by molar-refractivity contribution is 5.90. The van der Waals surface area contributed by atoms with Gasteiger partial charge in [0.15, 0.2) is 0 Å². The molecular formula is C24H29N3O4. The highest BCUT2D eigenvalue weighted by Crippen LogP contribution is 2.21. The number of carboxylic acids is 1. The molecule has 31 heavy (non-hydrogen) atoms. The van der Waals surface area contributed by atoms with Crippen LogP contribution in [0.15, 0.2) is 60.7 Å². The lowest BCUT2D eigenvalue weighted by atomic mass is 9.95. The van der Waals surface area contributed by atoms with E-state index in [0.29, 0.717) is 12.5 Å². The number of rotatable bonds is 9. The summed E-state index contributed by atoms with van der Waals surface area (Å²) in [5.41, 5.74) is 4.44.